The lowest BCUT2D eigenvalue weighted by atomic mass is 9.80. The molecule has 3 aliphatic rings. The highest BCUT2D eigenvalue weighted by molar-refractivity contribution is 5.08. The lowest BCUT2D eigenvalue weighted by Crippen LogP contribution is -2.61. The van der Waals surface area contributed by atoms with Crippen molar-refractivity contribution in [3.63, 3.8) is 0 Å². The number of piperidine rings is 1. The van der Waals surface area contributed by atoms with Crippen LogP contribution in [0.3, 0.4) is 0 Å². The molecular weight excluding hydrogens is 222 g/mol. The molecule has 2 unspecified atom stereocenters. The molecule has 2 saturated heterocycles. The van der Waals surface area contributed by atoms with Gasteiger partial charge in [0.25, 0.3) is 0 Å². The van der Waals surface area contributed by atoms with Crippen LogP contribution in [0.5, 0.6) is 0 Å². The van der Waals surface area contributed by atoms with Gasteiger partial charge >= 0.3 is 0 Å². The van der Waals surface area contributed by atoms with Gasteiger partial charge in [-0.1, -0.05) is 12.8 Å². The first-order valence-corrected chi connectivity index (χ1v) is 7.91. The van der Waals surface area contributed by atoms with Gasteiger partial charge in [-0.25, -0.2) is 0 Å². The SMILES string of the molecule is CN(CC1CCC1)C1(CN)CCN2CCCCC21. The van der Waals surface area contributed by atoms with Crippen molar-refractivity contribution in [1.82, 2.24) is 9.80 Å². The third-order valence-corrected chi connectivity index (χ3v) is 5.94. The van der Waals surface area contributed by atoms with E-state index in [-0.39, 0.29) is 5.54 Å². The Balaban J connectivity index is 1.71. The van der Waals surface area contributed by atoms with Crippen molar-refractivity contribution in [2.45, 2.75) is 56.5 Å². The van der Waals surface area contributed by atoms with Gasteiger partial charge in [-0.3, -0.25) is 9.80 Å². The number of nitrogens with zero attached hydrogens (tertiary/aromatic N) is 2. The standard InChI is InChI=1S/C15H29N3/c1-17(11-13-5-4-6-13)15(12-16)8-10-18-9-3-2-7-14(15)18/h13-14H,2-12,16H2,1H3. The fourth-order valence-electron chi connectivity index (χ4n) is 4.45. The molecule has 1 aliphatic carbocycles. The lowest BCUT2D eigenvalue weighted by molar-refractivity contribution is 0.0360. The van der Waals surface area contributed by atoms with Crippen LogP contribution >= 0.6 is 0 Å². The van der Waals surface area contributed by atoms with Gasteiger partial charge in [0.1, 0.15) is 0 Å². The third-order valence-electron chi connectivity index (χ3n) is 5.94. The summed E-state index contributed by atoms with van der Waals surface area (Å²) in [5, 5.41) is 0. The maximum absolute atomic E-state index is 6.24. The largest absolute Gasteiger partial charge is 0.329 e. The zero-order valence-electron chi connectivity index (χ0n) is 11.9. The smallest absolute Gasteiger partial charge is 0.0496 e. The highest BCUT2D eigenvalue weighted by Gasteiger charge is 2.49. The number of rotatable bonds is 4. The van der Waals surface area contributed by atoms with E-state index in [0.717, 1.165) is 18.5 Å². The number of nitrogens with two attached hydrogens (primary N) is 1. The van der Waals surface area contributed by atoms with E-state index in [2.05, 4.69) is 16.8 Å². The third kappa shape index (κ3) is 2.00. The maximum Gasteiger partial charge on any atom is 0.0496 e. The van der Waals surface area contributed by atoms with Gasteiger partial charge in [-0.15, -0.1) is 0 Å². The number of fused-ring (bicyclic) bond motifs is 1. The Morgan fingerprint density at radius 2 is 2.00 bits per heavy atom. The molecule has 2 aliphatic heterocycles. The molecule has 2 heterocycles. The van der Waals surface area contributed by atoms with Crippen LogP contribution in [0, 0.1) is 5.92 Å². The van der Waals surface area contributed by atoms with Crippen LogP contribution in [0.1, 0.15) is 44.9 Å². The summed E-state index contributed by atoms with van der Waals surface area (Å²) >= 11 is 0. The molecule has 0 aromatic carbocycles. The minimum Gasteiger partial charge on any atom is -0.329 e. The second kappa shape index (κ2) is 5.10. The Kier molecular flexibility index (Phi) is 3.65. The van der Waals surface area contributed by atoms with E-state index in [1.54, 1.807) is 0 Å². The Morgan fingerprint density at radius 1 is 1.17 bits per heavy atom. The van der Waals surface area contributed by atoms with E-state index in [0.29, 0.717) is 0 Å². The first-order valence-electron chi connectivity index (χ1n) is 7.91. The van der Waals surface area contributed by atoms with Gasteiger partial charge in [0.15, 0.2) is 0 Å². The van der Waals surface area contributed by atoms with E-state index in [1.807, 2.05) is 0 Å². The van der Waals surface area contributed by atoms with Crippen molar-refractivity contribution in [2.75, 3.05) is 33.2 Å². The van der Waals surface area contributed by atoms with Crippen molar-refractivity contribution < 1.29 is 0 Å². The lowest BCUT2D eigenvalue weighted by Gasteiger charge is -2.47. The van der Waals surface area contributed by atoms with Gasteiger partial charge in [0, 0.05) is 31.2 Å². The maximum atomic E-state index is 6.24. The van der Waals surface area contributed by atoms with Crippen molar-refractivity contribution in [2.24, 2.45) is 11.7 Å². The van der Waals surface area contributed by atoms with Crippen molar-refractivity contribution >= 4 is 0 Å². The molecule has 0 aromatic rings. The van der Waals surface area contributed by atoms with Crippen LogP contribution in [0.15, 0.2) is 0 Å². The van der Waals surface area contributed by atoms with Crippen LogP contribution in [0.4, 0.5) is 0 Å². The molecule has 3 nitrogen and oxygen atoms in total. The van der Waals surface area contributed by atoms with E-state index in [4.69, 9.17) is 5.73 Å². The van der Waals surface area contributed by atoms with Gasteiger partial charge in [0.05, 0.1) is 0 Å². The van der Waals surface area contributed by atoms with E-state index >= 15 is 0 Å². The van der Waals surface area contributed by atoms with Gasteiger partial charge < -0.3 is 5.73 Å². The van der Waals surface area contributed by atoms with E-state index in [1.165, 1.54) is 64.6 Å². The average Bonchev–Trinajstić information content (AvgIpc) is 2.74. The first-order chi connectivity index (χ1) is 8.76. The Hall–Kier alpha value is -0.120. The molecular formula is C15H29N3. The number of likely N-dealkylation sites (N-methyl/N-ethyl adjacent to an activating group) is 1. The number of hydrogen-bond donors (Lipinski definition) is 1. The van der Waals surface area contributed by atoms with Crippen molar-refractivity contribution in [3.05, 3.63) is 0 Å². The molecule has 104 valence electrons. The Morgan fingerprint density at radius 3 is 2.67 bits per heavy atom. The zero-order valence-corrected chi connectivity index (χ0v) is 11.9. The molecule has 0 spiro atoms. The summed E-state index contributed by atoms with van der Waals surface area (Å²) in [6, 6.07) is 0.737. The summed E-state index contributed by atoms with van der Waals surface area (Å²) < 4.78 is 0. The molecule has 0 bridgehead atoms. The van der Waals surface area contributed by atoms with Crippen LogP contribution < -0.4 is 5.73 Å². The minimum atomic E-state index is 0.288. The summed E-state index contributed by atoms with van der Waals surface area (Å²) in [5.41, 5.74) is 6.53. The molecule has 0 amide bonds. The van der Waals surface area contributed by atoms with E-state index in [9.17, 15) is 0 Å². The highest BCUT2D eigenvalue weighted by atomic mass is 15.3. The average molecular weight is 251 g/mol. The predicted molar refractivity (Wildman–Crippen MR) is 75.6 cm³/mol. The van der Waals surface area contributed by atoms with Crippen molar-refractivity contribution in [1.29, 1.82) is 0 Å². The van der Waals surface area contributed by atoms with Gasteiger partial charge in [0.2, 0.25) is 0 Å². The Bertz CT molecular complexity index is 289. The summed E-state index contributed by atoms with van der Waals surface area (Å²) in [4.78, 5) is 5.36. The molecule has 3 fully saturated rings. The number of hydrogen-bond acceptors (Lipinski definition) is 3. The van der Waals surface area contributed by atoms with Gasteiger partial charge in [-0.2, -0.15) is 0 Å². The zero-order chi connectivity index (χ0) is 12.6. The quantitative estimate of drug-likeness (QED) is 0.825. The van der Waals surface area contributed by atoms with Crippen LogP contribution in [0.2, 0.25) is 0 Å². The topological polar surface area (TPSA) is 32.5 Å². The summed E-state index contributed by atoms with van der Waals surface area (Å²) in [7, 11) is 2.34. The normalized spacial score (nSPS) is 37.8. The van der Waals surface area contributed by atoms with E-state index < -0.39 is 0 Å². The van der Waals surface area contributed by atoms with Crippen LogP contribution in [-0.2, 0) is 0 Å². The molecule has 0 aromatic heterocycles. The molecule has 0 radical (unpaired) electrons. The molecule has 3 rings (SSSR count). The summed E-state index contributed by atoms with van der Waals surface area (Å²) in [6.45, 7) is 4.71. The molecule has 2 N–H and O–H groups in total. The van der Waals surface area contributed by atoms with Crippen LogP contribution in [0.25, 0.3) is 0 Å². The molecule has 2 atom stereocenters. The fraction of sp³-hybridized carbons (Fsp3) is 1.00. The van der Waals surface area contributed by atoms with Crippen molar-refractivity contribution in [3.8, 4) is 0 Å². The second-order valence-electron chi connectivity index (χ2n) is 6.78. The first kappa shape index (κ1) is 12.9. The molecule has 3 heteroatoms. The van der Waals surface area contributed by atoms with Gasteiger partial charge in [-0.05, 0) is 51.6 Å². The fourth-order valence-corrected chi connectivity index (χ4v) is 4.45. The minimum absolute atomic E-state index is 0.288. The summed E-state index contributed by atoms with van der Waals surface area (Å²) in [6.07, 6.45) is 9.79. The monoisotopic (exact) mass is 251 g/mol. The van der Waals surface area contributed by atoms with Crippen LogP contribution in [-0.4, -0.2) is 54.6 Å². The predicted octanol–water partition coefficient (Wildman–Crippen LogP) is 1.67. The molecule has 18 heavy (non-hydrogen) atoms. The Labute approximate surface area is 112 Å². The summed E-state index contributed by atoms with van der Waals surface area (Å²) in [5.74, 6) is 0.955. The highest BCUT2D eigenvalue weighted by Crippen LogP contribution is 2.39. The second-order valence-corrected chi connectivity index (χ2v) is 6.78. The molecule has 1 saturated carbocycles.